The fraction of sp³-hybridized carbons (Fsp3) is 0.333. The molecule has 2 heterocycles. The van der Waals surface area contributed by atoms with E-state index < -0.39 is 0 Å². The van der Waals surface area contributed by atoms with E-state index in [0.717, 1.165) is 43.0 Å². The normalized spacial score (nSPS) is 16.0. The van der Waals surface area contributed by atoms with Crippen molar-refractivity contribution < 1.29 is 9.34 Å². The molecular formula is C21H23N5O3. The second-order valence-corrected chi connectivity index (χ2v) is 7.29. The molecule has 1 fully saturated rings. The van der Waals surface area contributed by atoms with Crippen molar-refractivity contribution in [3.05, 3.63) is 70.1 Å². The largest absolute Gasteiger partial charge is 0.419 e. The number of aromatic nitrogens is 2. The van der Waals surface area contributed by atoms with E-state index in [4.69, 9.17) is 4.42 Å². The predicted octanol–water partition coefficient (Wildman–Crippen LogP) is 3.84. The van der Waals surface area contributed by atoms with Crippen LogP contribution in [-0.4, -0.2) is 46.2 Å². The second-order valence-electron chi connectivity index (χ2n) is 7.29. The van der Waals surface area contributed by atoms with E-state index in [1.165, 1.54) is 0 Å². The Kier molecular flexibility index (Phi) is 5.26. The van der Waals surface area contributed by atoms with Gasteiger partial charge < -0.3 is 9.32 Å². The first-order valence-corrected chi connectivity index (χ1v) is 9.65. The fourth-order valence-corrected chi connectivity index (χ4v) is 3.61. The van der Waals surface area contributed by atoms with E-state index in [2.05, 4.69) is 26.9 Å². The van der Waals surface area contributed by atoms with Gasteiger partial charge in [0, 0.05) is 49.6 Å². The zero-order valence-electron chi connectivity index (χ0n) is 16.5. The standard InChI is InChI=1S/C21H23N5O3/c1-15-4-3-5-17(14-15)21-23-22-20(29-21)16(2)24-10-12-25(13-11-24)18-6-8-19(9-7-18)26(27)28/h3-9,14,16H,10-13H2,1-2H3/t16-/m1/s1. The van der Waals surface area contributed by atoms with Crippen LogP contribution in [0.5, 0.6) is 0 Å². The van der Waals surface area contributed by atoms with Gasteiger partial charge in [0.2, 0.25) is 11.8 Å². The molecule has 4 rings (SSSR count). The van der Waals surface area contributed by atoms with Crippen molar-refractivity contribution in [1.29, 1.82) is 0 Å². The maximum Gasteiger partial charge on any atom is 0.269 e. The molecule has 1 atom stereocenters. The quantitative estimate of drug-likeness (QED) is 0.481. The molecule has 8 heteroatoms. The van der Waals surface area contributed by atoms with Crippen molar-refractivity contribution in [2.24, 2.45) is 0 Å². The summed E-state index contributed by atoms with van der Waals surface area (Å²) in [5.74, 6) is 1.16. The Bertz CT molecular complexity index is 994. The lowest BCUT2D eigenvalue weighted by Gasteiger charge is -2.38. The lowest BCUT2D eigenvalue weighted by Crippen LogP contribution is -2.47. The molecule has 29 heavy (non-hydrogen) atoms. The van der Waals surface area contributed by atoms with Gasteiger partial charge in [-0.3, -0.25) is 15.0 Å². The highest BCUT2D eigenvalue weighted by molar-refractivity contribution is 5.53. The van der Waals surface area contributed by atoms with Crippen LogP contribution in [0, 0.1) is 17.0 Å². The smallest absolute Gasteiger partial charge is 0.269 e. The number of rotatable bonds is 5. The highest BCUT2D eigenvalue weighted by Crippen LogP contribution is 2.27. The van der Waals surface area contributed by atoms with Crippen LogP contribution in [0.2, 0.25) is 0 Å². The Morgan fingerprint density at radius 3 is 2.45 bits per heavy atom. The first-order valence-electron chi connectivity index (χ1n) is 9.65. The monoisotopic (exact) mass is 393 g/mol. The molecule has 8 nitrogen and oxygen atoms in total. The molecule has 0 N–H and O–H groups in total. The lowest BCUT2D eigenvalue weighted by atomic mass is 10.1. The van der Waals surface area contributed by atoms with E-state index in [-0.39, 0.29) is 16.7 Å². The van der Waals surface area contributed by atoms with Gasteiger partial charge in [0.15, 0.2) is 0 Å². The van der Waals surface area contributed by atoms with Gasteiger partial charge in [0.1, 0.15) is 0 Å². The summed E-state index contributed by atoms with van der Waals surface area (Å²) in [6.45, 7) is 7.48. The van der Waals surface area contributed by atoms with Crippen LogP contribution in [0.1, 0.15) is 24.4 Å². The van der Waals surface area contributed by atoms with Crippen LogP contribution in [0.15, 0.2) is 52.9 Å². The zero-order valence-corrected chi connectivity index (χ0v) is 16.5. The number of nitro groups is 1. The van der Waals surface area contributed by atoms with Gasteiger partial charge in [-0.25, -0.2) is 0 Å². The summed E-state index contributed by atoms with van der Waals surface area (Å²) < 4.78 is 5.95. The summed E-state index contributed by atoms with van der Waals surface area (Å²) in [5, 5.41) is 19.3. The van der Waals surface area contributed by atoms with Crippen LogP contribution in [-0.2, 0) is 0 Å². The number of piperazine rings is 1. The Balaban J connectivity index is 1.39. The lowest BCUT2D eigenvalue weighted by molar-refractivity contribution is -0.384. The highest BCUT2D eigenvalue weighted by Gasteiger charge is 2.26. The molecule has 150 valence electrons. The molecule has 3 aromatic rings. The van der Waals surface area contributed by atoms with Crippen LogP contribution >= 0.6 is 0 Å². The summed E-state index contributed by atoms with van der Waals surface area (Å²) in [6.07, 6.45) is 0. The van der Waals surface area contributed by atoms with Crippen LogP contribution in [0.3, 0.4) is 0 Å². The van der Waals surface area contributed by atoms with Gasteiger partial charge in [-0.2, -0.15) is 0 Å². The molecule has 0 amide bonds. The van der Waals surface area contributed by atoms with Crippen molar-refractivity contribution in [2.75, 3.05) is 31.1 Å². The zero-order chi connectivity index (χ0) is 20.4. The average molecular weight is 393 g/mol. The Hall–Kier alpha value is -3.26. The van der Waals surface area contributed by atoms with Crippen molar-refractivity contribution in [1.82, 2.24) is 15.1 Å². The number of aryl methyl sites for hydroxylation is 1. The number of hydrogen-bond donors (Lipinski definition) is 0. The van der Waals surface area contributed by atoms with Crippen molar-refractivity contribution in [3.63, 3.8) is 0 Å². The molecule has 0 saturated carbocycles. The third kappa shape index (κ3) is 4.12. The van der Waals surface area contributed by atoms with E-state index in [1.807, 2.05) is 43.3 Å². The fourth-order valence-electron chi connectivity index (χ4n) is 3.61. The minimum absolute atomic E-state index is 0.0278. The van der Waals surface area contributed by atoms with Crippen LogP contribution in [0.25, 0.3) is 11.5 Å². The summed E-state index contributed by atoms with van der Waals surface area (Å²) in [6, 6.07) is 14.8. The van der Waals surface area contributed by atoms with Gasteiger partial charge in [0.05, 0.1) is 11.0 Å². The molecule has 0 radical (unpaired) electrons. The van der Waals surface area contributed by atoms with Gasteiger partial charge in [0.25, 0.3) is 5.69 Å². The van der Waals surface area contributed by atoms with Crippen LogP contribution < -0.4 is 4.90 Å². The highest BCUT2D eigenvalue weighted by atomic mass is 16.6. The minimum Gasteiger partial charge on any atom is -0.419 e. The predicted molar refractivity (Wildman–Crippen MR) is 110 cm³/mol. The molecule has 0 spiro atoms. The van der Waals surface area contributed by atoms with Gasteiger partial charge in [-0.05, 0) is 38.1 Å². The molecule has 1 aromatic heterocycles. The molecule has 0 bridgehead atoms. The Morgan fingerprint density at radius 1 is 1.07 bits per heavy atom. The molecule has 1 aliphatic rings. The number of anilines is 1. The average Bonchev–Trinajstić information content (AvgIpc) is 3.24. The topological polar surface area (TPSA) is 88.5 Å². The maximum absolute atomic E-state index is 10.8. The van der Waals surface area contributed by atoms with E-state index in [9.17, 15) is 10.1 Å². The Labute approximate surface area is 168 Å². The summed E-state index contributed by atoms with van der Waals surface area (Å²) >= 11 is 0. The third-order valence-corrected chi connectivity index (χ3v) is 5.35. The van der Waals surface area contributed by atoms with Crippen molar-refractivity contribution in [3.8, 4) is 11.5 Å². The second kappa shape index (κ2) is 8.00. The molecule has 1 saturated heterocycles. The minimum atomic E-state index is -0.376. The van der Waals surface area contributed by atoms with E-state index in [1.54, 1.807) is 12.1 Å². The summed E-state index contributed by atoms with van der Waals surface area (Å²) in [4.78, 5) is 15.0. The van der Waals surface area contributed by atoms with E-state index in [0.29, 0.717) is 11.8 Å². The number of benzene rings is 2. The molecular weight excluding hydrogens is 370 g/mol. The molecule has 1 aliphatic heterocycles. The van der Waals surface area contributed by atoms with E-state index >= 15 is 0 Å². The van der Waals surface area contributed by atoms with Crippen LogP contribution in [0.4, 0.5) is 11.4 Å². The van der Waals surface area contributed by atoms with Gasteiger partial charge >= 0.3 is 0 Å². The van der Waals surface area contributed by atoms with Gasteiger partial charge in [-0.1, -0.05) is 17.7 Å². The number of hydrogen-bond acceptors (Lipinski definition) is 7. The first kappa shape index (κ1) is 19.1. The maximum atomic E-state index is 10.8. The van der Waals surface area contributed by atoms with Crippen molar-refractivity contribution in [2.45, 2.75) is 19.9 Å². The Morgan fingerprint density at radius 2 is 1.79 bits per heavy atom. The SMILES string of the molecule is Cc1cccc(-c2nnc([C@@H](C)N3CCN(c4ccc([N+](=O)[O-])cc4)CC3)o2)c1. The molecule has 0 aliphatic carbocycles. The number of nitrogens with zero attached hydrogens (tertiary/aromatic N) is 5. The summed E-state index contributed by atoms with van der Waals surface area (Å²) in [5.41, 5.74) is 3.20. The number of nitro benzene ring substituents is 1. The number of non-ortho nitro benzene ring substituents is 1. The van der Waals surface area contributed by atoms with Crippen molar-refractivity contribution >= 4 is 11.4 Å². The summed E-state index contributed by atoms with van der Waals surface area (Å²) in [7, 11) is 0. The first-order chi connectivity index (χ1) is 14.0. The third-order valence-electron chi connectivity index (χ3n) is 5.35. The molecule has 0 unspecified atom stereocenters. The molecule has 2 aromatic carbocycles. The van der Waals surface area contributed by atoms with Gasteiger partial charge in [-0.15, -0.1) is 10.2 Å².